The van der Waals surface area contributed by atoms with Crippen molar-refractivity contribution < 1.29 is 0 Å². The van der Waals surface area contributed by atoms with Crippen LogP contribution in [0.4, 0.5) is 5.69 Å². The Morgan fingerprint density at radius 2 is 1.61 bits per heavy atom. The Bertz CT molecular complexity index is 708. The molecule has 3 rings (SSSR count). The van der Waals surface area contributed by atoms with Gasteiger partial charge < -0.3 is 5.73 Å². The molecule has 0 amide bonds. The molecule has 88 valence electrons. The molecule has 4 heteroatoms. The molecule has 0 saturated heterocycles. The summed E-state index contributed by atoms with van der Waals surface area (Å²) in [5, 5.41) is 1.01. The largest absolute Gasteiger partial charge is 0.399 e. The van der Waals surface area contributed by atoms with Gasteiger partial charge in [0.05, 0.1) is 5.52 Å². The minimum Gasteiger partial charge on any atom is -0.399 e. The van der Waals surface area contributed by atoms with Gasteiger partial charge in [-0.15, -0.1) is 0 Å². The highest BCUT2D eigenvalue weighted by molar-refractivity contribution is 9.10. The summed E-state index contributed by atoms with van der Waals surface area (Å²) < 4.78 is 0.805. The molecule has 1 heterocycles. The minimum absolute atomic E-state index is 0.695. The molecular formula is C14H10BrN3. The zero-order valence-electron chi connectivity index (χ0n) is 9.47. The Labute approximate surface area is 113 Å². The molecule has 0 unspecified atom stereocenters. The van der Waals surface area contributed by atoms with E-state index in [1.807, 2.05) is 48.5 Å². The first-order valence-corrected chi connectivity index (χ1v) is 6.31. The van der Waals surface area contributed by atoms with Gasteiger partial charge in [0.2, 0.25) is 0 Å². The summed E-state index contributed by atoms with van der Waals surface area (Å²) in [6.45, 7) is 0. The number of para-hydroxylation sites is 1. The normalized spacial score (nSPS) is 10.7. The number of nitrogens with two attached hydrogens (primary N) is 1. The first kappa shape index (κ1) is 11.2. The van der Waals surface area contributed by atoms with E-state index < -0.39 is 0 Å². The van der Waals surface area contributed by atoms with E-state index in [1.54, 1.807) is 0 Å². The van der Waals surface area contributed by atoms with Crippen molar-refractivity contribution in [3.8, 4) is 11.4 Å². The quantitative estimate of drug-likeness (QED) is 0.551. The maximum absolute atomic E-state index is 5.68. The number of aromatic nitrogens is 2. The van der Waals surface area contributed by atoms with E-state index in [1.165, 1.54) is 0 Å². The van der Waals surface area contributed by atoms with Crippen molar-refractivity contribution in [2.75, 3.05) is 5.73 Å². The van der Waals surface area contributed by atoms with Crippen LogP contribution in [-0.2, 0) is 0 Å². The van der Waals surface area contributed by atoms with Gasteiger partial charge in [-0.3, -0.25) is 0 Å². The van der Waals surface area contributed by atoms with Gasteiger partial charge in [0.1, 0.15) is 4.60 Å². The topological polar surface area (TPSA) is 51.8 Å². The van der Waals surface area contributed by atoms with Crippen LogP contribution >= 0.6 is 15.9 Å². The fourth-order valence-electron chi connectivity index (χ4n) is 1.80. The number of halogens is 1. The molecule has 2 aromatic carbocycles. The number of hydrogen-bond acceptors (Lipinski definition) is 3. The van der Waals surface area contributed by atoms with Crippen molar-refractivity contribution in [2.45, 2.75) is 0 Å². The highest BCUT2D eigenvalue weighted by Gasteiger charge is 2.06. The Morgan fingerprint density at radius 1 is 0.889 bits per heavy atom. The third-order valence-corrected chi connectivity index (χ3v) is 3.33. The smallest absolute Gasteiger partial charge is 0.161 e. The van der Waals surface area contributed by atoms with Crippen molar-refractivity contribution in [2.24, 2.45) is 0 Å². The first-order valence-electron chi connectivity index (χ1n) is 5.52. The molecule has 1 aromatic heterocycles. The van der Waals surface area contributed by atoms with Gasteiger partial charge in [0.25, 0.3) is 0 Å². The second-order valence-electron chi connectivity index (χ2n) is 3.98. The van der Waals surface area contributed by atoms with Crippen LogP contribution in [0.2, 0.25) is 0 Å². The summed E-state index contributed by atoms with van der Waals surface area (Å²) >= 11 is 3.48. The molecule has 0 fully saturated rings. The van der Waals surface area contributed by atoms with E-state index >= 15 is 0 Å². The lowest BCUT2D eigenvalue weighted by Gasteiger charge is -2.04. The molecule has 0 radical (unpaired) electrons. The number of benzene rings is 2. The monoisotopic (exact) mass is 299 g/mol. The van der Waals surface area contributed by atoms with Gasteiger partial charge in [-0.05, 0) is 46.3 Å². The van der Waals surface area contributed by atoms with E-state index in [2.05, 4.69) is 25.9 Å². The van der Waals surface area contributed by atoms with Crippen molar-refractivity contribution in [1.82, 2.24) is 9.97 Å². The van der Waals surface area contributed by atoms with Gasteiger partial charge in [0, 0.05) is 16.6 Å². The fraction of sp³-hybridized carbons (Fsp3) is 0. The predicted molar refractivity (Wildman–Crippen MR) is 77.1 cm³/mol. The Kier molecular flexibility index (Phi) is 2.72. The zero-order chi connectivity index (χ0) is 12.5. The van der Waals surface area contributed by atoms with Crippen LogP contribution in [0.15, 0.2) is 53.1 Å². The highest BCUT2D eigenvalue weighted by Crippen LogP contribution is 2.25. The molecule has 0 bridgehead atoms. The lowest BCUT2D eigenvalue weighted by atomic mass is 10.2. The summed E-state index contributed by atoms with van der Waals surface area (Å²) in [5.41, 5.74) is 8.29. The molecule has 3 aromatic rings. The lowest BCUT2D eigenvalue weighted by molar-refractivity contribution is 1.20. The van der Waals surface area contributed by atoms with Gasteiger partial charge in [-0.1, -0.05) is 18.2 Å². The van der Waals surface area contributed by atoms with Crippen LogP contribution in [0.3, 0.4) is 0 Å². The number of hydrogen-bond donors (Lipinski definition) is 1. The summed E-state index contributed by atoms with van der Waals surface area (Å²) in [5.74, 6) is 0.695. The molecular weight excluding hydrogens is 290 g/mol. The van der Waals surface area contributed by atoms with Crippen LogP contribution < -0.4 is 5.73 Å². The highest BCUT2D eigenvalue weighted by atomic mass is 79.9. The van der Waals surface area contributed by atoms with Crippen LogP contribution in [0.5, 0.6) is 0 Å². The standard InChI is InChI=1S/C14H10BrN3/c15-13-11-3-1-2-4-12(11)17-14(18-13)9-5-7-10(16)8-6-9/h1-8H,16H2. The molecule has 2 N–H and O–H groups in total. The average molecular weight is 300 g/mol. The second-order valence-corrected chi connectivity index (χ2v) is 4.73. The fourth-order valence-corrected chi connectivity index (χ4v) is 2.30. The predicted octanol–water partition coefficient (Wildman–Crippen LogP) is 3.64. The lowest BCUT2D eigenvalue weighted by Crippen LogP contribution is -1.92. The molecule has 18 heavy (non-hydrogen) atoms. The SMILES string of the molecule is Nc1ccc(-c2nc(Br)c3ccccc3n2)cc1. The second kappa shape index (κ2) is 4.38. The van der Waals surface area contributed by atoms with Gasteiger partial charge in [0.15, 0.2) is 5.82 Å². The first-order chi connectivity index (χ1) is 8.74. The minimum atomic E-state index is 0.695. The molecule has 0 aliphatic rings. The number of rotatable bonds is 1. The number of nitrogen functional groups attached to an aromatic ring is 1. The van der Waals surface area contributed by atoms with Crippen LogP contribution in [0.25, 0.3) is 22.3 Å². The Balaban J connectivity index is 2.21. The third kappa shape index (κ3) is 1.95. The van der Waals surface area contributed by atoms with Gasteiger partial charge in [-0.2, -0.15) is 0 Å². The van der Waals surface area contributed by atoms with E-state index in [0.717, 1.165) is 26.8 Å². The molecule has 0 aliphatic heterocycles. The molecule has 0 spiro atoms. The average Bonchev–Trinajstić information content (AvgIpc) is 2.39. The van der Waals surface area contributed by atoms with Crippen molar-refractivity contribution in [3.05, 3.63) is 53.1 Å². The maximum atomic E-state index is 5.68. The van der Waals surface area contributed by atoms with E-state index in [-0.39, 0.29) is 0 Å². The Morgan fingerprint density at radius 3 is 2.39 bits per heavy atom. The van der Waals surface area contributed by atoms with E-state index in [0.29, 0.717) is 5.82 Å². The van der Waals surface area contributed by atoms with Crippen molar-refractivity contribution in [3.63, 3.8) is 0 Å². The molecule has 0 saturated carbocycles. The summed E-state index contributed by atoms with van der Waals surface area (Å²) in [6, 6.07) is 15.4. The van der Waals surface area contributed by atoms with Crippen LogP contribution in [-0.4, -0.2) is 9.97 Å². The Hall–Kier alpha value is -1.94. The molecule has 0 atom stereocenters. The van der Waals surface area contributed by atoms with E-state index in [9.17, 15) is 0 Å². The maximum Gasteiger partial charge on any atom is 0.161 e. The van der Waals surface area contributed by atoms with Crippen molar-refractivity contribution in [1.29, 1.82) is 0 Å². The van der Waals surface area contributed by atoms with Crippen molar-refractivity contribution >= 4 is 32.5 Å². The van der Waals surface area contributed by atoms with Crippen LogP contribution in [0.1, 0.15) is 0 Å². The molecule has 0 aliphatic carbocycles. The van der Waals surface area contributed by atoms with Gasteiger partial charge >= 0.3 is 0 Å². The summed E-state index contributed by atoms with van der Waals surface area (Å²) in [6.07, 6.45) is 0. The van der Waals surface area contributed by atoms with E-state index in [4.69, 9.17) is 5.73 Å². The van der Waals surface area contributed by atoms with Crippen LogP contribution in [0, 0.1) is 0 Å². The summed E-state index contributed by atoms with van der Waals surface area (Å²) in [7, 11) is 0. The number of nitrogens with zero attached hydrogens (tertiary/aromatic N) is 2. The number of fused-ring (bicyclic) bond motifs is 1. The zero-order valence-corrected chi connectivity index (χ0v) is 11.1. The molecule has 3 nitrogen and oxygen atoms in total. The summed E-state index contributed by atoms with van der Waals surface area (Å²) in [4.78, 5) is 9.02. The number of anilines is 1. The third-order valence-electron chi connectivity index (χ3n) is 2.73. The van der Waals surface area contributed by atoms with Gasteiger partial charge in [-0.25, -0.2) is 9.97 Å².